The Morgan fingerprint density at radius 1 is 1.48 bits per heavy atom. The highest BCUT2D eigenvalue weighted by Crippen LogP contribution is 2.28. The fourth-order valence-corrected chi connectivity index (χ4v) is 2.96. The quantitative estimate of drug-likeness (QED) is 0.911. The largest absolute Gasteiger partial charge is 0.335 e. The van der Waals surface area contributed by atoms with Crippen molar-refractivity contribution < 1.29 is 9.32 Å². The average Bonchev–Trinajstić information content (AvgIpc) is 2.90. The minimum atomic E-state index is 0. The lowest BCUT2D eigenvalue weighted by Gasteiger charge is -2.34. The molecule has 0 spiro atoms. The van der Waals surface area contributed by atoms with E-state index >= 15 is 0 Å². The van der Waals surface area contributed by atoms with Gasteiger partial charge in [0.25, 0.3) is 11.6 Å². The average molecular weight is 339 g/mol. The molecule has 0 bridgehead atoms. The molecule has 0 radical (unpaired) electrons. The molecule has 0 aromatic carbocycles. The van der Waals surface area contributed by atoms with E-state index in [0.29, 0.717) is 17.8 Å². The second-order valence-corrected chi connectivity index (χ2v) is 6.27. The van der Waals surface area contributed by atoms with E-state index in [9.17, 15) is 4.79 Å². The van der Waals surface area contributed by atoms with Gasteiger partial charge in [-0.2, -0.15) is 0 Å². The third-order valence-corrected chi connectivity index (χ3v) is 4.14. The van der Waals surface area contributed by atoms with Crippen LogP contribution in [0.3, 0.4) is 0 Å². The molecule has 1 aliphatic rings. The van der Waals surface area contributed by atoms with Crippen LogP contribution in [0.25, 0.3) is 11.1 Å². The van der Waals surface area contributed by atoms with Crippen molar-refractivity contribution in [3.05, 3.63) is 23.0 Å². The molecule has 1 unspecified atom stereocenters. The van der Waals surface area contributed by atoms with Crippen molar-refractivity contribution in [2.45, 2.75) is 39.7 Å². The number of pyridine rings is 1. The SMILES string of the molecule is Cc1cc(C(=O)N2CCNCC2C)c2c(C(C)C)noc2n1.Cl. The van der Waals surface area contributed by atoms with Gasteiger partial charge in [-0.25, -0.2) is 4.98 Å². The zero-order chi connectivity index (χ0) is 15.9. The fraction of sp³-hybridized carbons (Fsp3) is 0.562. The number of halogens is 1. The highest BCUT2D eigenvalue weighted by molar-refractivity contribution is 6.06. The van der Waals surface area contributed by atoms with Gasteiger partial charge in [0.05, 0.1) is 16.6 Å². The van der Waals surface area contributed by atoms with E-state index in [1.807, 2.05) is 31.7 Å². The van der Waals surface area contributed by atoms with E-state index in [1.165, 1.54) is 0 Å². The standard InChI is InChI=1S/C16H22N4O2.ClH/c1-9(2)14-13-12(7-10(3)18-15(13)22-19-14)16(21)20-6-5-17-8-11(20)4;/h7,9,11,17H,5-6,8H2,1-4H3;1H. The fourth-order valence-electron chi connectivity index (χ4n) is 2.96. The van der Waals surface area contributed by atoms with Gasteiger partial charge < -0.3 is 14.7 Å². The molecule has 23 heavy (non-hydrogen) atoms. The maximum absolute atomic E-state index is 13.1. The number of hydrogen-bond acceptors (Lipinski definition) is 5. The van der Waals surface area contributed by atoms with Crippen LogP contribution in [0.15, 0.2) is 10.6 Å². The van der Waals surface area contributed by atoms with E-state index < -0.39 is 0 Å². The molecular weight excluding hydrogens is 316 g/mol. The number of carbonyl (C=O) groups excluding carboxylic acids is 1. The summed E-state index contributed by atoms with van der Waals surface area (Å²) < 4.78 is 5.35. The van der Waals surface area contributed by atoms with Gasteiger partial charge in [-0.3, -0.25) is 4.79 Å². The number of nitrogens with one attached hydrogen (secondary N) is 1. The van der Waals surface area contributed by atoms with Crippen LogP contribution in [0.1, 0.15) is 48.4 Å². The summed E-state index contributed by atoms with van der Waals surface area (Å²) in [5, 5.41) is 8.19. The third-order valence-electron chi connectivity index (χ3n) is 4.14. The van der Waals surface area contributed by atoms with Gasteiger partial charge >= 0.3 is 0 Å². The molecule has 1 fully saturated rings. The Balaban J connectivity index is 0.00000192. The van der Waals surface area contributed by atoms with Gasteiger partial charge in [-0.1, -0.05) is 19.0 Å². The second-order valence-electron chi connectivity index (χ2n) is 6.27. The molecule has 0 aliphatic carbocycles. The van der Waals surface area contributed by atoms with Crippen LogP contribution >= 0.6 is 12.4 Å². The van der Waals surface area contributed by atoms with E-state index in [1.54, 1.807) is 0 Å². The first-order valence-electron chi connectivity index (χ1n) is 7.77. The van der Waals surface area contributed by atoms with E-state index in [4.69, 9.17) is 4.52 Å². The summed E-state index contributed by atoms with van der Waals surface area (Å²) in [6.07, 6.45) is 0. The minimum Gasteiger partial charge on any atom is -0.335 e. The Bertz CT molecular complexity index is 713. The Morgan fingerprint density at radius 3 is 2.87 bits per heavy atom. The highest BCUT2D eigenvalue weighted by Gasteiger charge is 2.28. The van der Waals surface area contributed by atoms with Crippen LogP contribution in [0.2, 0.25) is 0 Å². The molecular formula is C16H23ClN4O2. The Kier molecular flexibility index (Phi) is 5.26. The number of rotatable bonds is 2. The summed E-state index contributed by atoms with van der Waals surface area (Å²) in [6, 6.07) is 2.02. The normalized spacial score (nSPS) is 18.3. The number of amides is 1. The first-order valence-corrected chi connectivity index (χ1v) is 7.77. The molecule has 1 aliphatic heterocycles. The van der Waals surface area contributed by atoms with Gasteiger partial charge in [0.1, 0.15) is 0 Å². The number of piperazine rings is 1. The number of hydrogen-bond donors (Lipinski definition) is 1. The van der Waals surface area contributed by atoms with Crippen molar-refractivity contribution in [2.24, 2.45) is 0 Å². The monoisotopic (exact) mass is 338 g/mol. The Labute approximate surface area is 142 Å². The van der Waals surface area contributed by atoms with Gasteiger partial charge in [0, 0.05) is 31.4 Å². The molecule has 2 aromatic rings. The molecule has 7 heteroatoms. The lowest BCUT2D eigenvalue weighted by molar-refractivity contribution is 0.0657. The van der Waals surface area contributed by atoms with Gasteiger partial charge in [-0.05, 0) is 25.8 Å². The van der Waals surface area contributed by atoms with Gasteiger partial charge in [0.15, 0.2) is 0 Å². The van der Waals surface area contributed by atoms with Crippen molar-refractivity contribution in [3.63, 3.8) is 0 Å². The highest BCUT2D eigenvalue weighted by atomic mass is 35.5. The topological polar surface area (TPSA) is 71.3 Å². The first-order chi connectivity index (χ1) is 10.5. The first kappa shape index (κ1) is 17.7. The van der Waals surface area contributed by atoms with Crippen LogP contribution in [0.5, 0.6) is 0 Å². The van der Waals surface area contributed by atoms with E-state index in [2.05, 4.69) is 22.4 Å². The van der Waals surface area contributed by atoms with Crippen LogP contribution in [-0.4, -0.2) is 46.6 Å². The molecule has 1 N–H and O–H groups in total. The summed E-state index contributed by atoms with van der Waals surface area (Å²) in [5.41, 5.74) is 2.68. The number of aryl methyl sites for hydroxylation is 1. The second kappa shape index (κ2) is 6.84. The third kappa shape index (κ3) is 3.19. The van der Waals surface area contributed by atoms with Crippen LogP contribution in [-0.2, 0) is 0 Å². The molecule has 3 heterocycles. The van der Waals surface area contributed by atoms with Gasteiger partial charge in [0.2, 0.25) is 0 Å². The zero-order valence-electron chi connectivity index (χ0n) is 13.9. The van der Waals surface area contributed by atoms with Crippen LogP contribution < -0.4 is 5.32 Å². The zero-order valence-corrected chi connectivity index (χ0v) is 14.7. The van der Waals surface area contributed by atoms with E-state index in [-0.39, 0.29) is 30.3 Å². The summed E-state index contributed by atoms with van der Waals surface area (Å²) in [4.78, 5) is 19.3. The summed E-state index contributed by atoms with van der Waals surface area (Å²) >= 11 is 0. The number of fused-ring (bicyclic) bond motifs is 1. The molecule has 1 amide bonds. The molecule has 3 rings (SSSR count). The van der Waals surface area contributed by atoms with Gasteiger partial charge in [-0.15, -0.1) is 12.4 Å². The molecule has 6 nitrogen and oxygen atoms in total. The molecule has 1 atom stereocenters. The van der Waals surface area contributed by atoms with Crippen molar-refractivity contribution in [2.75, 3.05) is 19.6 Å². The maximum atomic E-state index is 13.1. The molecule has 0 saturated carbocycles. The summed E-state index contributed by atoms with van der Waals surface area (Å²) in [5.74, 6) is 0.215. The van der Waals surface area contributed by atoms with Crippen molar-refractivity contribution in [1.82, 2.24) is 20.4 Å². The molecule has 2 aromatic heterocycles. The van der Waals surface area contributed by atoms with Crippen molar-refractivity contribution >= 4 is 29.4 Å². The number of aromatic nitrogens is 2. The summed E-state index contributed by atoms with van der Waals surface area (Å²) in [7, 11) is 0. The number of nitrogens with zero attached hydrogens (tertiary/aromatic N) is 3. The smallest absolute Gasteiger partial charge is 0.259 e. The van der Waals surface area contributed by atoms with Crippen LogP contribution in [0, 0.1) is 6.92 Å². The Morgan fingerprint density at radius 2 is 2.22 bits per heavy atom. The Hall–Kier alpha value is -1.66. The van der Waals surface area contributed by atoms with Crippen molar-refractivity contribution in [3.8, 4) is 0 Å². The predicted molar refractivity (Wildman–Crippen MR) is 91.2 cm³/mol. The molecule has 126 valence electrons. The molecule has 1 saturated heterocycles. The predicted octanol–water partition coefficient (Wildman–Crippen LogP) is 2.51. The lowest BCUT2D eigenvalue weighted by atomic mass is 10.0. The maximum Gasteiger partial charge on any atom is 0.259 e. The van der Waals surface area contributed by atoms with E-state index in [0.717, 1.165) is 29.9 Å². The van der Waals surface area contributed by atoms with Crippen LogP contribution in [0.4, 0.5) is 0 Å². The lowest BCUT2D eigenvalue weighted by Crippen LogP contribution is -2.52. The van der Waals surface area contributed by atoms with Crippen molar-refractivity contribution in [1.29, 1.82) is 0 Å². The minimum absolute atomic E-state index is 0. The summed E-state index contributed by atoms with van der Waals surface area (Å²) in [6.45, 7) is 10.4. The number of carbonyl (C=O) groups is 1.